The molecule has 0 bridgehead atoms. The Hall–Kier alpha value is -3.22. The second-order valence-electron chi connectivity index (χ2n) is 7.93. The van der Waals surface area contributed by atoms with E-state index in [9.17, 15) is 9.90 Å². The Labute approximate surface area is 175 Å². The van der Waals surface area contributed by atoms with E-state index in [-0.39, 0.29) is 17.9 Å². The fourth-order valence-corrected chi connectivity index (χ4v) is 4.67. The summed E-state index contributed by atoms with van der Waals surface area (Å²) in [5.74, 6) is 1.12. The van der Waals surface area contributed by atoms with E-state index in [1.54, 1.807) is 17.0 Å². The summed E-state index contributed by atoms with van der Waals surface area (Å²) in [7, 11) is 0. The number of amides is 1. The first-order valence-corrected chi connectivity index (χ1v) is 10.5. The Bertz CT molecular complexity index is 997. The van der Waals surface area contributed by atoms with E-state index in [0.29, 0.717) is 32.5 Å². The largest absolute Gasteiger partial charge is 0.508 e. The highest BCUT2D eigenvalue weighted by Crippen LogP contribution is 2.50. The first-order valence-electron chi connectivity index (χ1n) is 10.5. The van der Waals surface area contributed by atoms with Gasteiger partial charge < -0.3 is 19.5 Å². The molecule has 30 heavy (non-hydrogen) atoms. The lowest BCUT2D eigenvalue weighted by molar-refractivity contribution is -0.147. The van der Waals surface area contributed by atoms with Crippen molar-refractivity contribution in [1.29, 1.82) is 0 Å². The number of likely N-dealkylation sites (tertiary alicyclic amines) is 1. The molecule has 1 amide bonds. The quantitative estimate of drug-likeness (QED) is 0.818. The lowest BCUT2D eigenvalue weighted by Gasteiger charge is -2.50. The van der Waals surface area contributed by atoms with Gasteiger partial charge >= 0.3 is 6.09 Å². The molecule has 3 aliphatic heterocycles. The van der Waals surface area contributed by atoms with Crippen molar-refractivity contribution in [3.8, 4) is 11.5 Å². The summed E-state index contributed by atoms with van der Waals surface area (Å²) in [5.41, 5.74) is 2.37. The van der Waals surface area contributed by atoms with Gasteiger partial charge in [-0.25, -0.2) is 9.80 Å². The smallest absolute Gasteiger partial charge is 0.409 e. The van der Waals surface area contributed by atoms with Crippen LogP contribution < -0.4 is 4.74 Å². The zero-order chi connectivity index (χ0) is 20.7. The van der Waals surface area contributed by atoms with Crippen LogP contribution in [0.4, 0.5) is 4.79 Å². The summed E-state index contributed by atoms with van der Waals surface area (Å²) < 4.78 is 11.7. The molecule has 1 spiro atoms. The van der Waals surface area contributed by atoms with Gasteiger partial charge in [0.15, 0.2) is 0 Å². The molecule has 156 valence electrons. The van der Waals surface area contributed by atoms with E-state index in [0.717, 1.165) is 29.0 Å². The number of rotatable bonds is 2. The van der Waals surface area contributed by atoms with Crippen LogP contribution in [-0.2, 0) is 4.74 Å². The van der Waals surface area contributed by atoms with Crippen LogP contribution in [-0.4, -0.2) is 52.2 Å². The molecular formula is C23H25N3O4. The van der Waals surface area contributed by atoms with Crippen LogP contribution in [0.15, 0.2) is 53.6 Å². The predicted molar refractivity (Wildman–Crippen MR) is 111 cm³/mol. The first-order chi connectivity index (χ1) is 14.6. The van der Waals surface area contributed by atoms with Crippen LogP contribution in [0, 0.1) is 0 Å². The maximum absolute atomic E-state index is 12.2. The van der Waals surface area contributed by atoms with E-state index >= 15 is 0 Å². The highest BCUT2D eigenvalue weighted by molar-refractivity contribution is 6.02. The monoisotopic (exact) mass is 407 g/mol. The summed E-state index contributed by atoms with van der Waals surface area (Å²) in [5, 5.41) is 17.0. The highest BCUT2D eigenvalue weighted by atomic mass is 16.6. The number of hydrazone groups is 1. The summed E-state index contributed by atoms with van der Waals surface area (Å²) in [6.07, 6.45) is 1.76. The van der Waals surface area contributed by atoms with Gasteiger partial charge in [-0.15, -0.1) is 0 Å². The molecule has 2 aromatic carbocycles. The third-order valence-electron chi connectivity index (χ3n) is 6.16. The van der Waals surface area contributed by atoms with E-state index in [2.05, 4.69) is 11.1 Å². The number of piperidine rings is 1. The third-order valence-corrected chi connectivity index (χ3v) is 6.16. The van der Waals surface area contributed by atoms with Crippen molar-refractivity contribution in [3.63, 3.8) is 0 Å². The fourth-order valence-electron chi connectivity index (χ4n) is 4.67. The average molecular weight is 407 g/mol. The number of carbonyl (C=O) groups excluding carboxylic acids is 1. The van der Waals surface area contributed by atoms with Crippen molar-refractivity contribution >= 4 is 11.8 Å². The lowest BCUT2D eigenvalue weighted by Crippen LogP contribution is -2.59. The van der Waals surface area contributed by atoms with Crippen LogP contribution in [0.1, 0.15) is 43.4 Å². The molecule has 0 radical (unpaired) electrons. The Morgan fingerprint density at radius 2 is 2.03 bits per heavy atom. The molecule has 5 rings (SSSR count). The van der Waals surface area contributed by atoms with Gasteiger partial charge in [0, 0.05) is 43.5 Å². The second-order valence-corrected chi connectivity index (χ2v) is 7.93. The van der Waals surface area contributed by atoms with E-state index in [1.807, 2.05) is 37.3 Å². The van der Waals surface area contributed by atoms with Gasteiger partial charge in [-0.2, -0.15) is 5.10 Å². The molecule has 1 atom stereocenters. The van der Waals surface area contributed by atoms with Crippen LogP contribution >= 0.6 is 0 Å². The van der Waals surface area contributed by atoms with Gasteiger partial charge in [0.2, 0.25) is 5.72 Å². The zero-order valence-electron chi connectivity index (χ0n) is 17.0. The number of ether oxygens (including phenoxy) is 2. The molecule has 7 heteroatoms. The van der Waals surface area contributed by atoms with Crippen molar-refractivity contribution in [2.45, 2.75) is 38.0 Å². The summed E-state index contributed by atoms with van der Waals surface area (Å²) >= 11 is 0. The van der Waals surface area contributed by atoms with Gasteiger partial charge in [0.25, 0.3) is 0 Å². The van der Waals surface area contributed by atoms with Crippen molar-refractivity contribution < 1.29 is 19.4 Å². The van der Waals surface area contributed by atoms with Crippen molar-refractivity contribution in [2.75, 3.05) is 19.7 Å². The maximum Gasteiger partial charge on any atom is 0.409 e. The number of fused-ring (bicyclic) bond motifs is 4. The van der Waals surface area contributed by atoms with E-state index in [1.165, 1.54) is 0 Å². The molecule has 1 saturated heterocycles. The Morgan fingerprint density at radius 1 is 1.23 bits per heavy atom. The first kappa shape index (κ1) is 18.8. The number of aromatic hydroxyl groups is 1. The van der Waals surface area contributed by atoms with E-state index < -0.39 is 5.72 Å². The minimum atomic E-state index is -0.597. The molecule has 3 heterocycles. The minimum Gasteiger partial charge on any atom is -0.508 e. The van der Waals surface area contributed by atoms with Crippen molar-refractivity contribution in [2.24, 2.45) is 5.10 Å². The zero-order valence-corrected chi connectivity index (χ0v) is 17.0. The molecule has 0 unspecified atom stereocenters. The van der Waals surface area contributed by atoms with Crippen LogP contribution in [0.5, 0.6) is 11.5 Å². The van der Waals surface area contributed by atoms with Crippen molar-refractivity contribution in [1.82, 2.24) is 9.91 Å². The highest BCUT2D eigenvalue weighted by Gasteiger charge is 2.52. The average Bonchev–Trinajstić information content (AvgIpc) is 3.22. The normalized spacial score (nSPS) is 21.5. The molecule has 2 aromatic rings. The third kappa shape index (κ3) is 3.05. The number of hydrogen-bond acceptors (Lipinski definition) is 6. The maximum atomic E-state index is 12.2. The number of phenols is 1. The summed E-state index contributed by atoms with van der Waals surface area (Å²) in [4.78, 5) is 13.9. The minimum absolute atomic E-state index is 0.0708. The molecule has 3 aliphatic rings. The van der Waals surface area contributed by atoms with E-state index in [4.69, 9.17) is 14.6 Å². The van der Waals surface area contributed by atoms with Gasteiger partial charge in [0.1, 0.15) is 11.5 Å². The van der Waals surface area contributed by atoms with Crippen LogP contribution in [0.3, 0.4) is 0 Å². The number of benzene rings is 2. The second kappa shape index (κ2) is 7.23. The molecule has 0 aliphatic carbocycles. The molecular weight excluding hydrogens is 382 g/mol. The summed E-state index contributed by atoms with van der Waals surface area (Å²) in [6, 6.07) is 15.4. The fraction of sp³-hybridized carbons (Fsp3) is 0.391. The number of phenolic OH excluding ortho intramolecular Hbond substituents is 1. The van der Waals surface area contributed by atoms with Gasteiger partial charge in [-0.1, -0.05) is 30.3 Å². The Balaban J connectivity index is 1.48. The molecule has 0 aromatic heterocycles. The molecule has 7 nitrogen and oxygen atoms in total. The van der Waals surface area contributed by atoms with Gasteiger partial charge in [0.05, 0.1) is 18.4 Å². The lowest BCUT2D eigenvalue weighted by atomic mass is 9.91. The summed E-state index contributed by atoms with van der Waals surface area (Å²) in [6.45, 7) is 3.30. The Kier molecular flexibility index (Phi) is 4.53. The van der Waals surface area contributed by atoms with Gasteiger partial charge in [-0.05, 0) is 25.1 Å². The topological polar surface area (TPSA) is 74.6 Å². The SMILES string of the molecule is CCOC(=O)N1CCC2(CC1)Oc1ccccc1[C@H]1CC(c3cccc(O)c3)=NN12. The molecule has 1 fully saturated rings. The number of nitrogens with zero attached hydrogens (tertiary/aromatic N) is 3. The predicted octanol–water partition coefficient (Wildman–Crippen LogP) is 3.88. The standard InChI is InChI=1S/C23H25N3O4/c1-2-29-22(28)25-12-10-23(11-13-25)26-20(18-8-3-4-9-21(18)30-23)15-19(24-26)16-6-5-7-17(27)14-16/h3-9,14,20,27H,2,10-13,15H2,1H3/t20-/m1/s1. The van der Waals surface area contributed by atoms with Crippen LogP contribution in [0.25, 0.3) is 0 Å². The molecule has 1 N–H and O–H groups in total. The van der Waals surface area contributed by atoms with Crippen LogP contribution in [0.2, 0.25) is 0 Å². The number of hydrogen-bond donors (Lipinski definition) is 1. The van der Waals surface area contributed by atoms with Gasteiger partial charge in [-0.3, -0.25) is 0 Å². The van der Waals surface area contributed by atoms with Crippen molar-refractivity contribution in [3.05, 3.63) is 59.7 Å². The molecule has 0 saturated carbocycles. The Morgan fingerprint density at radius 3 is 2.80 bits per heavy atom. The number of carbonyl (C=O) groups is 1. The number of para-hydroxylation sites is 1.